The largest absolute Gasteiger partial charge is 0.472 e. The van der Waals surface area contributed by atoms with Crippen LogP contribution in [0.4, 0.5) is 0 Å². The summed E-state index contributed by atoms with van der Waals surface area (Å²) < 4.78 is 219. The molecule has 0 aliphatic carbocycles. The van der Waals surface area contributed by atoms with Crippen molar-refractivity contribution in [3.63, 3.8) is 0 Å². The van der Waals surface area contributed by atoms with Crippen molar-refractivity contribution in [3.05, 3.63) is 0 Å². The normalized spacial score (nSPS) is 38.3. The number of hydrogen-bond acceptors (Lipinski definition) is 3. The number of hydrogen-bond donors (Lipinski definition) is 1. The molecule has 0 aliphatic rings. The molecule has 0 heterocycles. The summed E-state index contributed by atoms with van der Waals surface area (Å²) in [6.07, 6.45) is -47.6. The Labute approximate surface area is 178 Å². The third-order valence-electron chi connectivity index (χ3n) is 1.79. The fraction of sp³-hybridized carbons (Fsp3) is 1.00. The lowest BCUT2D eigenvalue weighted by Gasteiger charge is -2.24. The van der Waals surface area contributed by atoms with E-state index in [1.165, 1.54) is 0 Å². The highest BCUT2D eigenvalue weighted by molar-refractivity contribution is 7.47. The summed E-state index contributed by atoms with van der Waals surface area (Å²) in [4.78, 5) is 9.94. The molecule has 5 nitrogen and oxygen atoms in total. The summed E-state index contributed by atoms with van der Waals surface area (Å²) in [5, 5.41) is 0. The van der Waals surface area contributed by atoms with E-state index in [-0.39, 0.29) is 11.0 Å². The SMILES string of the molecule is [2H]C([2H])([2H])C([2H])([2H])C([2H])([2H])C([2H])([2H])C([2H])([2H])C([2H])([2H])C([2H])([2H])C([2H])([2H])C([2H])([2H])C([2H])([2H])C([2H])([2H])C([2H])([2H])OP(=O)(O)OCC[N+](C)(C)C. The van der Waals surface area contributed by atoms with Gasteiger partial charge < -0.3 is 9.38 Å². The molecule has 0 amide bonds. The number of likely N-dealkylation sites (N-methyl/N-ethyl adjacent to an activating group) is 1. The van der Waals surface area contributed by atoms with E-state index in [1.54, 1.807) is 21.1 Å². The molecule has 0 bridgehead atoms. The highest BCUT2D eigenvalue weighted by Gasteiger charge is 2.21. The first kappa shape index (κ1) is 5.07. The summed E-state index contributed by atoms with van der Waals surface area (Å²) >= 11 is 0. The van der Waals surface area contributed by atoms with Crippen molar-refractivity contribution in [1.29, 1.82) is 0 Å². The number of rotatable bonds is 16. The maximum atomic E-state index is 12.4. The lowest BCUT2D eigenvalue weighted by molar-refractivity contribution is -0.870. The maximum absolute atomic E-state index is 12.4. The summed E-state index contributed by atoms with van der Waals surface area (Å²) in [6.45, 7) is -9.08. The van der Waals surface area contributed by atoms with E-state index in [4.69, 9.17) is 34.3 Å². The summed E-state index contributed by atoms with van der Waals surface area (Å²) in [6, 6.07) is 0. The van der Waals surface area contributed by atoms with E-state index in [9.17, 15) is 9.46 Å². The smallest absolute Gasteiger partial charge is 0.329 e. The van der Waals surface area contributed by atoms with Gasteiger partial charge in [0.25, 0.3) is 0 Å². The van der Waals surface area contributed by atoms with Crippen LogP contribution in [0.5, 0.6) is 0 Å². The van der Waals surface area contributed by atoms with Gasteiger partial charge in [-0.25, -0.2) is 4.57 Å². The molecule has 0 aromatic heterocycles. The summed E-state index contributed by atoms with van der Waals surface area (Å²) in [7, 11) is -0.804. The van der Waals surface area contributed by atoms with Crippen LogP contribution in [-0.2, 0) is 13.6 Å². The monoisotopic (exact) mass is 377 g/mol. The Morgan fingerprint density at radius 2 is 1.48 bits per heavy atom. The van der Waals surface area contributed by atoms with Gasteiger partial charge in [-0.3, -0.25) is 9.05 Å². The number of phosphoric ester groups is 1. The zero-order chi connectivity index (χ0) is 39.8. The Morgan fingerprint density at radius 3 is 2.00 bits per heavy atom. The molecule has 0 aromatic carbocycles. The van der Waals surface area contributed by atoms with Crippen molar-refractivity contribution in [1.82, 2.24) is 0 Å². The molecule has 1 atom stereocenters. The van der Waals surface area contributed by atoms with Crippen molar-refractivity contribution in [2.24, 2.45) is 0 Å². The summed E-state index contributed by atoms with van der Waals surface area (Å²) in [5.74, 6) is 0. The second kappa shape index (κ2) is 13.4. The second-order valence-corrected chi connectivity index (χ2v) is 6.14. The van der Waals surface area contributed by atoms with Gasteiger partial charge in [0.15, 0.2) is 0 Å². The highest BCUT2D eigenvalue weighted by Crippen LogP contribution is 2.43. The van der Waals surface area contributed by atoms with Crippen LogP contribution in [0, 0.1) is 0 Å². The molecule has 0 saturated heterocycles. The van der Waals surface area contributed by atoms with Crippen molar-refractivity contribution in [2.75, 3.05) is 40.9 Å². The Kier molecular flexibility index (Phi) is 2.95. The first-order chi connectivity index (χ1) is 20.2. The molecule has 0 aromatic rings. The van der Waals surface area contributed by atoms with E-state index in [1.807, 2.05) is 0 Å². The number of phosphoric acid groups is 1. The lowest BCUT2D eigenvalue weighted by atomic mass is 10.1. The molecule has 0 radical (unpaired) electrons. The minimum atomic E-state index is -5.64. The van der Waals surface area contributed by atoms with Crippen LogP contribution in [-0.4, -0.2) is 50.2 Å². The third kappa shape index (κ3) is 18.3. The van der Waals surface area contributed by atoms with Crippen LogP contribution in [0.15, 0.2) is 0 Å². The average Bonchev–Trinajstić information content (AvgIpc) is 2.80. The van der Waals surface area contributed by atoms with Crippen LogP contribution in [0.1, 0.15) is 105 Å². The van der Waals surface area contributed by atoms with Gasteiger partial charge in [-0.05, 0) is 6.37 Å². The van der Waals surface area contributed by atoms with E-state index in [0.29, 0.717) is 0 Å². The zero-order valence-corrected chi connectivity index (χ0v) is 13.9. The lowest BCUT2D eigenvalue weighted by Crippen LogP contribution is -2.37. The van der Waals surface area contributed by atoms with Crippen LogP contribution in [0.25, 0.3) is 0 Å². The Balaban J connectivity index is 7.13. The van der Waals surface area contributed by atoms with Gasteiger partial charge in [-0.2, -0.15) is 0 Å². The predicted molar refractivity (Wildman–Crippen MR) is 96.5 cm³/mol. The highest BCUT2D eigenvalue weighted by atomic mass is 31.2. The minimum Gasteiger partial charge on any atom is -0.329 e. The molecule has 140 valence electrons. The van der Waals surface area contributed by atoms with Gasteiger partial charge in [0.1, 0.15) is 13.2 Å². The van der Waals surface area contributed by atoms with Gasteiger partial charge in [0, 0.05) is 31.5 Å². The molecule has 0 fully saturated rings. The Hall–Kier alpha value is 0.0700. The van der Waals surface area contributed by atoms with Crippen LogP contribution in [0.3, 0.4) is 0 Å². The van der Waals surface area contributed by atoms with Gasteiger partial charge in [-0.1, -0.05) is 64.2 Å². The average molecular weight is 378 g/mol. The summed E-state index contributed by atoms with van der Waals surface area (Å²) in [5.41, 5.74) is 0. The van der Waals surface area contributed by atoms with Crippen LogP contribution < -0.4 is 0 Å². The Morgan fingerprint density at radius 1 is 0.957 bits per heavy atom. The molecule has 0 rings (SSSR count). The molecule has 6 heteroatoms. The second-order valence-electron chi connectivity index (χ2n) is 4.76. The molecule has 0 spiro atoms. The number of quaternary nitrogens is 1. The quantitative estimate of drug-likeness (QED) is 0.311. The van der Waals surface area contributed by atoms with E-state index < -0.39 is 91.6 Å². The zero-order valence-electron chi connectivity index (χ0n) is 38.0. The van der Waals surface area contributed by atoms with E-state index >= 15 is 0 Å². The first-order valence-corrected chi connectivity index (χ1v) is 7.64. The van der Waals surface area contributed by atoms with Crippen molar-refractivity contribution in [2.45, 2.75) is 70.6 Å². The van der Waals surface area contributed by atoms with E-state index in [2.05, 4.69) is 9.05 Å². The number of nitrogens with zero attached hydrogens (tertiary/aromatic N) is 1. The molecule has 23 heavy (non-hydrogen) atoms. The molecule has 1 unspecified atom stereocenters. The fourth-order valence-corrected chi connectivity index (χ4v) is 1.34. The van der Waals surface area contributed by atoms with Crippen molar-refractivity contribution in [3.8, 4) is 0 Å². The van der Waals surface area contributed by atoms with Gasteiger partial charge in [-0.15, -0.1) is 0 Å². The van der Waals surface area contributed by atoms with E-state index in [0.717, 1.165) is 0 Å². The first-order valence-electron chi connectivity index (χ1n) is 18.6. The fourth-order valence-electron chi connectivity index (χ4n) is 0.812. The predicted octanol–water partition coefficient (Wildman–Crippen LogP) is 4.75. The van der Waals surface area contributed by atoms with Crippen molar-refractivity contribution >= 4 is 7.82 Å². The van der Waals surface area contributed by atoms with Gasteiger partial charge in [0.05, 0.1) is 30.4 Å². The maximum Gasteiger partial charge on any atom is 0.472 e. The van der Waals surface area contributed by atoms with Gasteiger partial charge >= 0.3 is 7.82 Å². The van der Waals surface area contributed by atoms with Crippen LogP contribution >= 0.6 is 7.82 Å². The molecule has 1 N–H and O–H groups in total. The minimum absolute atomic E-state index is 0.00177. The third-order valence-corrected chi connectivity index (χ3v) is 2.62. The van der Waals surface area contributed by atoms with Crippen molar-refractivity contribution < 1.29 is 57.3 Å². The molecular formula is C17H39NO4P+. The standard InChI is InChI=1S/C17H38NO4P/c1-5-6-7-8-9-10-11-12-13-14-16-21-23(19,20)22-17-15-18(2,3)4/h5-17H2,1-4H3/p+1/i1D3,5D2,6D2,7D2,8D2,9D2,10D2,11D2,12D2,13D2,14D2,16D2. The molecular weight excluding hydrogens is 313 g/mol. The topological polar surface area (TPSA) is 55.8 Å². The van der Waals surface area contributed by atoms with Crippen LogP contribution in [0.2, 0.25) is 0 Å². The van der Waals surface area contributed by atoms with Gasteiger partial charge in [0.2, 0.25) is 0 Å². The Bertz CT molecular complexity index is 1210. The molecule has 0 aliphatic heterocycles. The molecule has 0 saturated carbocycles.